The first kappa shape index (κ1) is 16.2. The fourth-order valence-corrected chi connectivity index (χ4v) is 2.68. The lowest BCUT2D eigenvalue weighted by Gasteiger charge is -2.26. The molecule has 2 aromatic carbocycles. The van der Waals surface area contributed by atoms with Crippen molar-refractivity contribution < 1.29 is 14.6 Å². The normalized spacial score (nSPS) is 13.6. The Labute approximate surface area is 131 Å². The van der Waals surface area contributed by atoms with Gasteiger partial charge in [0.15, 0.2) is 6.10 Å². The lowest BCUT2D eigenvalue weighted by atomic mass is 9.91. The van der Waals surface area contributed by atoms with Gasteiger partial charge in [-0.1, -0.05) is 42.5 Å². The van der Waals surface area contributed by atoms with Crippen LogP contribution in [-0.4, -0.2) is 17.2 Å². The Morgan fingerprint density at radius 3 is 2.05 bits per heavy atom. The maximum Gasteiger partial charge on any atom is 0.332 e. The summed E-state index contributed by atoms with van der Waals surface area (Å²) in [5.74, 6) is -0.954. The Hall–Kier alpha value is -2.13. The number of carboxylic acids is 1. The second-order valence-electron chi connectivity index (χ2n) is 5.66. The lowest BCUT2D eigenvalue weighted by Crippen LogP contribution is -2.24. The van der Waals surface area contributed by atoms with Crippen molar-refractivity contribution in [1.82, 2.24) is 0 Å². The van der Waals surface area contributed by atoms with Crippen LogP contribution in [0.1, 0.15) is 40.8 Å². The van der Waals surface area contributed by atoms with Crippen LogP contribution in [0.25, 0.3) is 0 Å². The number of rotatable bonds is 5. The van der Waals surface area contributed by atoms with E-state index in [1.807, 2.05) is 63.2 Å². The van der Waals surface area contributed by atoms with Gasteiger partial charge in [0, 0.05) is 0 Å². The average molecular weight is 298 g/mol. The molecule has 1 N–H and O–H groups in total. The molecule has 0 aliphatic rings. The van der Waals surface area contributed by atoms with Gasteiger partial charge in [-0.25, -0.2) is 4.79 Å². The molecular weight excluding hydrogens is 276 g/mol. The monoisotopic (exact) mass is 298 g/mol. The molecule has 0 spiro atoms. The molecule has 0 radical (unpaired) electrons. The number of aryl methyl sites for hydroxylation is 3. The van der Waals surface area contributed by atoms with Gasteiger partial charge in [-0.15, -0.1) is 0 Å². The van der Waals surface area contributed by atoms with Gasteiger partial charge < -0.3 is 9.84 Å². The molecule has 2 aromatic rings. The molecule has 2 unspecified atom stereocenters. The van der Waals surface area contributed by atoms with Crippen LogP contribution >= 0.6 is 0 Å². The number of aliphatic carboxylic acids is 1. The highest BCUT2D eigenvalue weighted by Gasteiger charge is 2.25. The lowest BCUT2D eigenvalue weighted by molar-refractivity contribution is -0.151. The van der Waals surface area contributed by atoms with Crippen molar-refractivity contribution in [2.45, 2.75) is 39.9 Å². The molecule has 2 atom stereocenters. The quantitative estimate of drug-likeness (QED) is 0.900. The number of ether oxygens (including phenoxy) is 1. The third-order valence-electron chi connectivity index (χ3n) is 3.96. The fourth-order valence-electron chi connectivity index (χ4n) is 2.68. The number of carboxylic acid groups (broad SMARTS) is 1. The minimum Gasteiger partial charge on any atom is -0.479 e. The minimum absolute atomic E-state index is 0.381. The van der Waals surface area contributed by atoms with Crippen LogP contribution < -0.4 is 0 Å². The summed E-state index contributed by atoms with van der Waals surface area (Å²) in [6.45, 7) is 7.65. The number of benzene rings is 2. The van der Waals surface area contributed by atoms with E-state index >= 15 is 0 Å². The van der Waals surface area contributed by atoms with Gasteiger partial charge in [0.25, 0.3) is 0 Å². The van der Waals surface area contributed by atoms with Gasteiger partial charge in [0.05, 0.1) is 0 Å². The van der Waals surface area contributed by atoms with Gasteiger partial charge in [0.1, 0.15) is 6.10 Å². The number of hydrogen-bond acceptors (Lipinski definition) is 2. The van der Waals surface area contributed by atoms with E-state index in [2.05, 4.69) is 0 Å². The molecule has 116 valence electrons. The Balaban J connectivity index is 2.56. The summed E-state index contributed by atoms with van der Waals surface area (Å²) in [6, 6.07) is 14.0. The summed E-state index contributed by atoms with van der Waals surface area (Å²) in [5, 5.41) is 9.21. The Morgan fingerprint density at radius 2 is 1.50 bits per heavy atom. The standard InChI is InChI=1S/C19H22O3/c1-12-8-5-6-11-16(12)18(22-15(4)19(20)21)17-13(2)9-7-10-14(17)3/h5-11,15,18H,1-4H3,(H,20,21). The summed E-state index contributed by atoms with van der Waals surface area (Å²) in [5.41, 5.74) is 5.35. The second-order valence-corrected chi connectivity index (χ2v) is 5.66. The van der Waals surface area contributed by atoms with Crippen molar-refractivity contribution in [1.29, 1.82) is 0 Å². The van der Waals surface area contributed by atoms with Crippen molar-refractivity contribution >= 4 is 5.97 Å². The molecule has 0 amide bonds. The summed E-state index contributed by atoms with van der Waals surface area (Å²) in [7, 11) is 0. The molecule has 0 aromatic heterocycles. The van der Waals surface area contributed by atoms with Crippen LogP contribution in [0.2, 0.25) is 0 Å². The molecule has 0 aliphatic heterocycles. The minimum atomic E-state index is -0.954. The molecule has 0 saturated carbocycles. The number of carbonyl (C=O) groups is 1. The van der Waals surface area contributed by atoms with Crippen LogP contribution in [0.5, 0.6) is 0 Å². The topological polar surface area (TPSA) is 46.5 Å². The highest BCUT2D eigenvalue weighted by atomic mass is 16.5. The Morgan fingerprint density at radius 1 is 0.955 bits per heavy atom. The molecule has 0 saturated heterocycles. The van der Waals surface area contributed by atoms with E-state index < -0.39 is 12.1 Å². The maximum atomic E-state index is 11.2. The van der Waals surface area contributed by atoms with E-state index in [0.717, 1.165) is 27.8 Å². The molecule has 0 fully saturated rings. The molecule has 0 aliphatic carbocycles. The number of hydrogen-bond donors (Lipinski definition) is 1. The summed E-state index contributed by atoms with van der Waals surface area (Å²) >= 11 is 0. The van der Waals surface area contributed by atoms with Gasteiger partial charge in [-0.05, 0) is 55.5 Å². The molecule has 3 nitrogen and oxygen atoms in total. The van der Waals surface area contributed by atoms with Gasteiger partial charge in [-0.3, -0.25) is 0 Å². The highest BCUT2D eigenvalue weighted by molar-refractivity contribution is 5.71. The van der Waals surface area contributed by atoms with Crippen molar-refractivity contribution in [3.05, 3.63) is 70.3 Å². The molecular formula is C19H22O3. The molecule has 0 bridgehead atoms. The third-order valence-corrected chi connectivity index (χ3v) is 3.96. The van der Waals surface area contributed by atoms with Crippen molar-refractivity contribution in [3.63, 3.8) is 0 Å². The SMILES string of the molecule is Cc1ccccc1C(OC(C)C(=O)O)c1c(C)cccc1C. The van der Waals surface area contributed by atoms with E-state index in [1.165, 1.54) is 0 Å². The Kier molecular flexibility index (Phi) is 4.99. The van der Waals surface area contributed by atoms with E-state index in [4.69, 9.17) is 4.74 Å². The zero-order valence-corrected chi connectivity index (χ0v) is 13.5. The van der Waals surface area contributed by atoms with E-state index in [1.54, 1.807) is 6.92 Å². The predicted molar refractivity (Wildman–Crippen MR) is 87.1 cm³/mol. The molecule has 3 heteroatoms. The molecule has 2 rings (SSSR count). The van der Waals surface area contributed by atoms with Crippen LogP contribution in [0, 0.1) is 20.8 Å². The van der Waals surface area contributed by atoms with E-state index in [0.29, 0.717) is 0 Å². The average Bonchev–Trinajstić information content (AvgIpc) is 2.46. The van der Waals surface area contributed by atoms with Crippen molar-refractivity contribution in [2.24, 2.45) is 0 Å². The van der Waals surface area contributed by atoms with Gasteiger partial charge in [0.2, 0.25) is 0 Å². The smallest absolute Gasteiger partial charge is 0.332 e. The summed E-state index contributed by atoms with van der Waals surface area (Å²) in [4.78, 5) is 11.2. The summed E-state index contributed by atoms with van der Waals surface area (Å²) in [6.07, 6.45) is -1.25. The fraction of sp³-hybridized carbons (Fsp3) is 0.316. The largest absolute Gasteiger partial charge is 0.479 e. The van der Waals surface area contributed by atoms with Gasteiger partial charge in [-0.2, -0.15) is 0 Å². The first-order chi connectivity index (χ1) is 10.4. The Bertz CT molecular complexity index is 656. The zero-order chi connectivity index (χ0) is 16.3. The van der Waals surface area contributed by atoms with Crippen LogP contribution in [-0.2, 0) is 9.53 Å². The predicted octanol–water partition coefficient (Wildman–Crippen LogP) is 4.19. The first-order valence-electron chi connectivity index (χ1n) is 7.41. The summed E-state index contributed by atoms with van der Waals surface area (Å²) < 4.78 is 5.93. The molecule has 0 heterocycles. The van der Waals surface area contributed by atoms with Crippen LogP contribution in [0.3, 0.4) is 0 Å². The van der Waals surface area contributed by atoms with E-state index in [9.17, 15) is 9.90 Å². The molecule has 22 heavy (non-hydrogen) atoms. The second kappa shape index (κ2) is 6.75. The van der Waals surface area contributed by atoms with Crippen LogP contribution in [0.4, 0.5) is 0 Å². The van der Waals surface area contributed by atoms with Gasteiger partial charge >= 0.3 is 5.97 Å². The third kappa shape index (κ3) is 3.37. The van der Waals surface area contributed by atoms with Crippen LogP contribution in [0.15, 0.2) is 42.5 Å². The maximum absolute atomic E-state index is 11.2. The highest BCUT2D eigenvalue weighted by Crippen LogP contribution is 2.33. The zero-order valence-electron chi connectivity index (χ0n) is 13.5. The van der Waals surface area contributed by atoms with Crippen molar-refractivity contribution in [3.8, 4) is 0 Å². The first-order valence-corrected chi connectivity index (χ1v) is 7.41. The van der Waals surface area contributed by atoms with Crippen molar-refractivity contribution in [2.75, 3.05) is 0 Å². The van der Waals surface area contributed by atoms with E-state index in [-0.39, 0.29) is 6.10 Å².